The molecule has 1 N–H and O–H groups in total. The minimum Gasteiger partial charge on any atom is -0.496 e. The average molecular weight is 459 g/mol. The lowest BCUT2D eigenvalue weighted by Crippen LogP contribution is -2.15. The van der Waals surface area contributed by atoms with Crippen molar-refractivity contribution in [3.05, 3.63) is 59.7 Å². The maximum Gasteiger partial charge on any atom is 0.260 e. The predicted molar refractivity (Wildman–Crippen MR) is 126 cm³/mol. The van der Waals surface area contributed by atoms with Crippen LogP contribution in [0.4, 0.5) is 5.82 Å². The Labute approximate surface area is 197 Å². The fourth-order valence-corrected chi connectivity index (χ4v) is 3.88. The highest BCUT2D eigenvalue weighted by molar-refractivity contribution is 6.06. The van der Waals surface area contributed by atoms with Crippen molar-refractivity contribution in [2.75, 3.05) is 12.4 Å². The molecule has 1 aliphatic carbocycles. The van der Waals surface area contributed by atoms with Gasteiger partial charge in [0.2, 0.25) is 5.82 Å². The van der Waals surface area contributed by atoms with Gasteiger partial charge in [-0.05, 0) is 73.9 Å². The first-order valence-corrected chi connectivity index (χ1v) is 11.2. The monoisotopic (exact) mass is 458 g/mol. The summed E-state index contributed by atoms with van der Waals surface area (Å²) < 4.78 is 9.16. The van der Waals surface area contributed by atoms with E-state index in [-0.39, 0.29) is 11.9 Å². The van der Waals surface area contributed by atoms with Crippen LogP contribution >= 0.6 is 0 Å². The summed E-state index contributed by atoms with van der Waals surface area (Å²) in [5.74, 6) is 1.64. The molecule has 0 spiro atoms. The molecule has 0 atom stereocenters. The second-order valence-electron chi connectivity index (χ2n) is 8.72. The molecule has 1 amide bonds. The van der Waals surface area contributed by atoms with Crippen LogP contribution in [0, 0.1) is 6.92 Å². The number of imidazole rings is 1. The highest BCUT2D eigenvalue weighted by Gasteiger charge is 2.26. The predicted octanol–water partition coefficient (Wildman–Crippen LogP) is 3.95. The van der Waals surface area contributed by atoms with Crippen LogP contribution in [0.1, 0.15) is 60.3 Å². The normalized spacial score (nSPS) is 13.3. The second-order valence-corrected chi connectivity index (χ2v) is 8.72. The van der Waals surface area contributed by atoms with Crippen LogP contribution in [0.15, 0.2) is 42.9 Å². The second kappa shape index (κ2) is 8.69. The van der Waals surface area contributed by atoms with Gasteiger partial charge in [-0.3, -0.25) is 4.79 Å². The van der Waals surface area contributed by atoms with Gasteiger partial charge in [0.05, 0.1) is 36.4 Å². The number of carbonyl (C=O) groups is 1. The fraction of sp³-hybridized carbons (Fsp3) is 0.333. The van der Waals surface area contributed by atoms with Gasteiger partial charge in [-0.1, -0.05) is 6.07 Å². The molecule has 3 aromatic heterocycles. The third-order valence-corrected chi connectivity index (χ3v) is 5.84. The van der Waals surface area contributed by atoms with E-state index in [2.05, 4.69) is 30.8 Å². The summed E-state index contributed by atoms with van der Waals surface area (Å²) in [6.45, 7) is 5.96. The van der Waals surface area contributed by atoms with Crippen LogP contribution < -0.4 is 10.1 Å². The van der Waals surface area contributed by atoms with Crippen LogP contribution in [0.2, 0.25) is 0 Å². The maximum atomic E-state index is 13.3. The van der Waals surface area contributed by atoms with Crippen LogP contribution in [-0.2, 0) is 0 Å². The van der Waals surface area contributed by atoms with E-state index in [4.69, 9.17) is 4.74 Å². The van der Waals surface area contributed by atoms with Gasteiger partial charge in [-0.2, -0.15) is 0 Å². The molecule has 10 nitrogen and oxygen atoms in total. The number of hydrogen-bond acceptors (Lipinski definition) is 7. The van der Waals surface area contributed by atoms with E-state index in [1.165, 1.54) is 12.8 Å². The topological polar surface area (TPSA) is 113 Å². The smallest absolute Gasteiger partial charge is 0.260 e. The van der Waals surface area contributed by atoms with Gasteiger partial charge in [-0.25, -0.2) is 14.6 Å². The minimum absolute atomic E-state index is 0.0731. The number of nitrogens with one attached hydrogen (secondary N) is 1. The minimum atomic E-state index is -0.325. The lowest BCUT2D eigenvalue weighted by Gasteiger charge is -2.14. The number of carbonyl (C=O) groups excluding carboxylic acids is 1. The summed E-state index contributed by atoms with van der Waals surface area (Å²) in [6.07, 6.45) is 6.20. The van der Waals surface area contributed by atoms with Gasteiger partial charge in [0.15, 0.2) is 0 Å². The molecular formula is C24H26N8O2. The molecule has 1 aromatic carbocycles. The Morgan fingerprint density at radius 2 is 2.06 bits per heavy atom. The summed E-state index contributed by atoms with van der Waals surface area (Å²) in [6, 6.07) is 9.10. The molecule has 1 saturated carbocycles. The lowest BCUT2D eigenvalue weighted by atomic mass is 10.1. The van der Waals surface area contributed by atoms with Gasteiger partial charge in [0, 0.05) is 12.1 Å². The van der Waals surface area contributed by atoms with Crippen molar-refractivity contribution < 1.29 is 9.53 Å². The first kappa shape index (κ1) is 21.7. The molecule has 4 aromatic rings. The third kappa shape index (κ3) is 4.14. The number of amides is 1. The molecular weight excluding hydrogens is 432 g/mol. The van der Waals surface area contributed by atoms with E-state index in [1.807, 2.05) is 43.7 Å². The number of nitrogens with zero attached hydrogens (tertiary/aromatic N) is 7. The van der Waals surface area contributed by atoms with Crippen LogP contribution in [0.25, 0.3) is 17.2 Å². The molecule has 0 saturated heterocycles. The number of ether oxygens (including phenoxy) is 1. The largest absolute Gasteiger partial charge is 0.496 e. The number of tetrazole rings is 1. The molecule has 3 heterocycles. The van der Waals surface area contributed by atoms with E-state index in [9.17, 15) is 4.79 Å². The number of pyridine rings is 1. The quantitative estimate of drug-likeness (QED) is 0.446. The number of aromatic nitrogens is 7. The van der Waals surface area contributed by atoms with Crippen molar-refractivity contribution >= 4 is 11.7 Å². The summed E-state index contributed by atoms with van der Waals surface area (Å²) in [5, 5.41) is 14.7. The Bertz CT molecular complexity index is 1350. The molecule has 0 aliphatic heterocycles. The Morgan fingerprint density at radius 3 is 2.79 bits per heavy atom. The molecule has 1 aliphatic rings. The summed E-state index contributed by atoms with van der Waals surface area (Å²) in [5.41, 5.74) is 3.92. The van der Waals surface area contributed by atoms with Crippen molar-refractivity contribution in [1.82, 2.24) is 34.7 Å². The molecule has 0 bridgehead atoms. The fourth-order valence-electron chi connectivity index (χ4n) is 3.88. The number of rotatable bonds is 7. The van der Waals surface area contributed by atoms with Gasteiger partial charge in [0.1, 0.15) is 17.3 Å². The maximum absolute atomic E-state index is 13.3. The first-order valence-electron chi connectivity index (χ1n) is 11.2. The van der Waals surface area contributed by atoms with Crippen molar-refractivity contribution in [3.63, 3.8) is 0 Å². The number of hydrogen-bond donors (Lipinski definition) is 1. The van der Waals surface area contributed by atoms with Crippen LogP contribution in [0.3, 0.4) is 0 Å². The zero-order chi connectivity index (χ0) is 23.8. The van der Waals surface area contributed by atoms with Crippen LogP contribution in [0.5, 0.6) is 5.75 Å². The standard InChI is InChI=1S/C24H26N8O2/c1-14(2)32-23(28-29-30-32)18-6-5-7-22(26-18)27-24(33)17-11-20(15(3)10-21(17)34-4)31-12-19(25-13-31)16-8-9-16/h5-7,10-14,16H,8-9H2,1-4H3,(H,26,27,33). The Kier molecular flexibility index (Phi) is 5.56. The van der Waals surface area contributed by atoms with Crippen molar-refractivity contribution in [1.29, 1.82) is 0 Å². The molecule has 34 heavy (non-hydrogen) atoms. The van der Waals surface area contributed by atoms with Gasteiger partial charge >= 0.3 is 0 Å². The Morgan fingerprint density at radius 1 is 1.24 bits per heavy atom. The highest BCUT2D eigenvalue weighted by Crippen LogP contribution is 2.39. The average Bonchev–Trinajstić information content (AvgIpc) is 3.34. The summed E-state index contributed by atoms with van der Waals surface area (Å²) in [4.78, 5) is 22.4. The molecule has 0 radical (unpaired) electrons. The van der Waals surface area contributed by atoms with E-state index in [0.717, 1.165) is 16.9 Å². The Balaban J connectivity index is 1.45. The molecule has 5 rings (SSSR count). The van der Waals surface area contributed by atoms with Crippen molar-refractivity contribution in [3.8, 4) is 23.0 Å². The lowest BCUT2D eigenvalue weighted by molar-refractivity contribution is 0.102. The highest BCUT2D eigenvalue weighted by atomic mass is 16.5. The number of benzene rings is 1. The van der Waals surface area contributed by atoms with Crippen molar-refractivity contribution in [2.24, 2.45) is 0 Å². The molecule has 174 valence electrons. The van der Waals surface area contributed by atoms with Crippen molar-refractivity contribution in [2.45, 2.75) is 45.6 Å². The first-order chi connectivity index (χ1) is 16.4. The third-order valence-electron chi connectivity index (χ3n) is 5.84. The molecule has 10 heteroatoms. The van der Waals surface area contributed by atoms with E-state index in [1.54, 1.807) is 36.3 Å². The number of aryl methyl sites for hydroxylation is 1. The van der Waals surface area contributed by atoms with Gasteiger partial charge < -0.3 is 14.6 Å². The zero-order valence-electron chi connectivity index (χ0n) is 19.6. The number of methoxy groups -OCH3 is 1. The molecule has 0 unspecified atom stereocenters. The zero-order valence-corrected chi connectivity index (χ0v) is 19.6. The summed E-state index contributed by atoms with van der Waals surface area (Å²) >= 11 is 0. The Hall–Kier alpha value is -4.08. The SMILES string of the molecule is COc1cc(C)c(-n2cnc(C3CC3)c2)cc1C(=O)Nc1cccc(-c2nnnn2C(C)C)n1. The van der Waals surface area contributed by atoms with Gasteiger partial charge in [-0.15, -0.1) is 5.10 Å². The van der Waals surface area contributed by atoms with E-state index in [0.29, 0.717) is 34.6 Å². The molecule has 1 fully saturated rings. The van der Waals surface area contributed by atoms with E-state index < -0.39 is 0 Å². The van der Waals surface area contributed by atoms with Gasteiger partial charge in [0.25, 0.3) is 5.91 Å². The summed E-state index contributed by atoms with van der Waals surface area (Å²) in [7, 11) is 1.55. The number of anilines is 1. The van der Waals surface area contributed by atoms with Crippen LogP contribution in [-0.4, -0.2) is 47.8 Å². The van der Waals surface area contributed by atoms with E-state index >= 15 is 0 Å².